The zero-order valence-electron chi connectivity index (χ0n) is 42.5. The highest BCUT2D eigenvalue weighted by Crippen LogP contribution is 2.14. The lowest BCUT2D eigenvalue weighted by Crippen LogP contribution is -2.37. The molecule has 0 aromatic carbocycles. The van der Waals surface area contributed by atoms with Gasteiger partial charge in [0.15, 0.2) is 0 Å². The molecule has 0 atom stereocenters. The molecule has 0 unspecified atom stereocenters. The predicted molar refractivity (Wildman–Crippen MR) is 273 cm³/mol. The Morgan fingerprint density at radius 1 is 0.364 bits per heavy atom. The Hall–Kier alpha value is -3.88. The summed E-state index contributed by atoms with van der Waals surface area (Å²) in [5.74, 6) is 22.7. The molecule has 0 saturated heterocycles. The zero-order valence-corrected chi connectivity index (χ0v) is 42.5. The van der Waals surface area contributed by atoms with Gasteiger partial charge >= 0.3 is 17.9 Å². The van der Waals surface area contributed by atoms with Crippen molar-refractivity contribution in [3.05, 3.63) is 0 Å². The summed E-state index contributed by atoms with van der Waals surface area (Å²) in [6, 6.07) is 0. The van der Waals surface area contributed by atoms with Gasteiger partial charge in [0.25, 0.3) is 0 Å². The number of aliphatic carboxylic acids is 1. The number of hydrogen-bond donors (Lipinski definition) is 1. The number of rotatable bonds is 45. The molecule has 0 aliphatic rings. The van der Waals surface area contributed by atoms with Crippen molar-refractivity contribution in [2.75, 3.05) is 26.3 Å². The number of ether oxygens (including phenoxy) is 2. The van der Waals surface area contributed by atoms with E-state index in [4.69, 9.17) is 14.6 Å². The summed E-state index contributed by atoms with van der Waals surface area (Å²) in [7, 11) is 0. The summed E-state index contributed by atoms with van der Waals surface area (Å²) in [5.41, 5.74) is 0. The van der Waals surface area contributed by atoms with Crippen LogP contribution in [0.1, 0.15) is 271 Å². The molecule has 0 fully saturated rings. The van der Waals surface area contributed by atoms with Crippen molar-refractivity contribution >= 4 is 23.8 Å². The van der Waals surface area contributed by atoms with Crippen LogP contribution in [0.3, 0.4) is 0 Å². The van der Waals surface area contributed by atoms with Gasteiger partial charge in [0.2, 0.25) is 5.91 Å². The molecular weight excluding hydrogens is 823 g/mol. The van der Waals surface area contributed by atoms with Crippen LogP contribution in [0.15, 0.2) is 0 Å². The lowest BCUT2D eigenvalue weighted by molar-refractivity contribution is -0.148. The number of carbonyl (C=O) groups excluding carboxylic acids is 3. The number of amides is 1. The summed E-state index contributed by atoms with van der Waals surface area (Å²) in [6.07, 6.45) is 42.6. The first-order valence-electron chi connectivity index (χ1n) is 27.1. The van der Waals surface area contributed by atoms with E-state index in [-0.39, 0.29) is 57.0 Å². The molecule has 0 aromatic rings. The van der Waals surface area contributed by atoms with E-state index >= 15 is 0 Å². The van der Waals surface area contributed by atoms with Crippen LogP contribution < -0.4 is 0 Å². The molecule has 374 valence electrons. The highest BCUT2D eigenvalue weighted by Gasteiger charge is 2.16. The van der Waals surface area contributed by atoms with E-state index in [1.54, 1.807) is 0 Å². The van der Waals surface area contributed by atoms with Crippen molar-refractivity contribution in [2.24, 2.45) is 0 Å². The first-order chi connectivity index (χ1) is 32.4. The molecule has 0 radical (unpaired) electrons. The third-order valence-corrected chi connectivity index (χ3v) is 11.8. The van der Waals surface area contributed by atoms with Gasteiger partial charge in [-0.25, -0.2) is 0 Å². The van der Waals surface area contributed by atoms with Gasteiger partial charge < -0.3 is 19.5 Å². The fourth-order valence-electron chi connectivity index (χ4n) is 7.62. The molecule has 0 bridgehead atoms. The van der Waals surface area contributed by atoms with E-state index in [0.717, 1.165) is 103 Å². The highest BCUT2D eigenvalue weighted by molar-refractivity contribution is 5.80. The molecule has 0 rings (SSSR count). The van der Waals surface area contributed by atoms with Crippen molar-refractivity contribution in [3.63, 3.8) is 0 Å². The Kier molecular flexibility index (Phi) is 49.0. The van der Waals surface area contributed by atoms with Gasteiger partial charge in [-0.3, -0.25) is 19.2 Å². The average molecular weight is 918 g/mol. The molecule has 1 amide bonds. The fraction of sp³-hybridized carbons (Fsp3) is 0.793. The monoisotopic (exact) mass is 918 g/mol. The van der Waals surface area contributed by atoms with E-state index < -0.39 is 5.97 Å². The Labute approximate surface area is 405 Å². The number of esters is 2. The number of unbranched alkanes of at least 4 members (excludes halogenated alkanes) is 32. The third-order valence-electron chi connectivity index (χ3n) is 11.8. The van der Waals surface area contributed by atoms with Gasteiger partial charge in [0.1, 0.15) is 13.2 Å². The summed E-state index contributed by atoms with van der Waals surface area (Å²) in [6.45, 7) is 4.79. The van der Waals surface area contributed by atoms with Crippen LogP contribution in [0.4, 0.5) is 0 Å². The normalized spacial score (nSPS) is 10.3. The summed E-state index contributed by atoms with van der Waals surface area (Å²) in [4.78, 5) is 49.8. The molecule has 1 N–H and O–H groups in total. The maximum Gasteiger partial charge on any atom is 0.305 e. The van der Waals surface area contributed by atoms with E-state index in [0.29, 0.717) is 12.8 Å². The molecule has 8 nitrogen and oxygen atoms in total. The Morgan fingerprint density at radius 3 is 0.924 bits per heavy atom. The van der Waals surface area contributed by atoms with Crippen molar-refractivity contribution in [3.8, 4) is 47.4 Å². The van der Waals surface area contributed by atoms with Crippen LogP contribution in [0.2, 0.25) is 0 Å². The van der Waals surface area contributed by atoms with Crippen molar-refractivity contribution in [2.45, 2.75) is 271 Å². The van der Waals surface area contributed by atoms with Crippen molar-refractivity contribution in [1.29, 1.82) is 0 Å². The minimum Gasteiger partial charge on any atom is -0.481 e. The number of hydrogen-bond acceptors (Lipinski definition) is 6. The predicted octanol–water partition coefficient (Wildman–Crippen LogP) is 14.6. The fourth-order valence-corrected chi connectivity index (χ4v) is 7.62. The third kappa shape index (κ3) is 49.6. The first kappa shape index (κ1) is 62.1. The van der Waals surface area contributed by atoms with E-state index in [1.165, 1.54) is 133 Å². The summed E-state index contributed by atoms with van der Waals surface area (Å²) < 4.78 is 10.8. The Morgan fingerprint density at radius 2 is 0.636 bits per heavy atom. The smallest absolute Gasteiger partial charge is 0.305 e. The lowest BCUT2D eigenvalue weighted by atomic mass is 10.1. The van der Waals surface area contributed by atoms with E-state index in [2.05, 4.69) is 61.2 Å². The molecule has 0 aromatic heterocycles. The van der Waals surface area contributed by atoms with E-state index in [9.17, 15) is 19.2 Å². The molecule has 0 saturated carbocycles. The first-order valence-corrected chi connectivity index (χ1v) is 27.1. The van der Waals surface area contributed by atoms with Crippen LogP contribution in [-0.2, 0) is 28.7 Å². The lowest BCUT2D eigenvalue weighted by Gasteiger charge is -2.22. The standard InChI is InChI=1S/C58H95NO7/c1-3-5-7-9-11-13-15-17-19-21-23-25-27-29-31-33-35-37-39-41-43-45-47-57(63)65-53-51-59(55(60)49-50-56(61)62)52-54-66-58(64)48-46-44-42-40-38-36-34-32-30-28-26-24-22-20-18-16-14-12-10-8-6-4-2/h3-24,33-54H2,1-2H3,(H,61,62). The molecule has 0 heterocycles. The largest absolute Gasteiger partial charge is 0.481 e. The number of carboxylic acid groups (broad SMARTS) is 1. The van der Waals surface area contributed by atoms with Crippen LogP contribution >= 0.6 is 0 Å². The molecule has 8 heteroatoms. The van der Waals surface area contributed by atoms with E-state index in [1.807, 2.05) is 0 Å². The molecule has 66 heavy (non-hydrogen) atoms. The number of carbonyl (C=O) groups is 4. The van der Waals surface area contributed by atoms with Crippen molar-refractivity contribution < 1.29 is 33.8 Å². The molecule has 0 spiro atoms. The minimum atomic E-state index is -1.06. The topological polar surface area (TPSA) is 110 Å². The minimum absolute atomic E-state index is 0.0104. The van der Waals surface area contributed by atoms with Gasteiger partial charge in [-0.05, 0) is 62.2 Å². The van der Waals surface area contributed by atoms with Gasteiger partial charge in [0, 0.05) is 44.9 Å². The molecule has 0 aliphatic heterocycles. The summed E-state index contributed by atoms with van der Waals surface area (Å²) in [5, 5.41) is 9.04. The second-order valence-electron chi connectivity index (χ2n) is 18.0. The van der Waals surface area contributed by atoms with Crippen LogP contribution in [0.25, 0.3) is 0 Å². The van der Waals surface area contributed by atoms with Gasteiger partial charge in [-0.2, -0.15) is 0 Å². The second kappa shape index (κ2) is 52.1. The number of carboxylic acids is 1. The maximum absolute atomic E-state index is 12.7. The van der Waals surface area contributed by atoms with Gasteiger partial charge in [0.05, 0.1) is 19.5 Å². The average Bonchev–Trinajstić information content (AvgIpc) is 3.31. The number of nitrogens with zero attached hydrogens (tertiary/aromatic N) is 1. The Bertz CT molecular complexity index is 1350. The zero-order chi connectivity index (χ0) is 48.1. The highest BCUT2D eigenvalue weighted by atomic mass is 16.5. The summed E-state index contributed by atoms with van der Waals surface area (Å²) >= 11 is 0. The van der Waals surface area contributed by atoms with Crippen molar-refractivity contribution in [1.82, 2.24) is 4.90 Å². The Balaban J connectivity index is 3.95. The second-order valence-corrected chi connectivity index (χ2v) is 18.0. The quantitative estimate of drug-likeness (QED) is 0.0368. The SMILES string of the molecule is CCCCCCCCCCCCC#CC#CCCCCCCCCC(=O)OCCN(CCOC(=O)CCCCCCCCC#CC#CCCCCCCCCCCCC)C(=O)CCC(=O)O. The van der Waals surface area contributed by atoms with Crippen LogP contribution in [0, 0.1) is 47.4 Å². The van der Waals surface area contributed by atoms with Gasteiger partial charge in [-0.1, -0.05) is 204 Å². The van der Waals surface area contributed by atoms with Gasteiger partial charge in [-0.15, -0.1) is 0 Å². The molecular formula is C58H95NO7. The molecule has 0 aliphatic carbocycles. The van der Waals surface area contributed by atoms with Crippen LogP contribution in [-0.4, -0.2) is 60.1 Å². The maximum atomic E-state index is 12.7. The van der Waals surface area contributed by atoms with Crippen LogP contribution in [0.5, 0.6) is 0 Å².